The fourth-order valence-electron chi connectivity index (χ4n) is 3.14. The van der Waals surface area contributed by atoms with Crippen molar-refractivity contribution in [2.45, 2.75) is 18.0 Å². The molecule has 5 nitrogen and oxygen atoms in total. The molecule has 0 saturated carbocycles. The Hall–Kier alpha value is -2.67. The number of carbonyl (C=O) groups excluding carboxylic acids is 1. The number of likely N-dealkylation sites (tertiary alicyclic amines) is 1. The lowest BCUT2D eigenvalue weighted by molar-refractivity contribution is -0.127. The standard InChI is InChI=1S/C20H19FN4OS/c21-16-8-10-17(11-9-16)25-19(15-6-2-1-3-7-15)22-23-20(25)27-14-18(26)24-12-4-5-13-24/h1-3,6-11H,4-5,12-14H2. The molecule has 0 atom stereocenters. The molecule has 138 valence electrons. The number of aromatic nitrogens is 3. The summed E-state index contributed by atoms with van der Waals surface area (Å²) < 4.78 is 15.3. The minimum atomic E-state index is -0.300. The van der Waals surface area contributed by atoms with E-state index in [2.05, 4.69) is 10.2 Å². The molecule has 0 N–H and O–H groups in total. The maximum atomic E-state index is 13.4. The quantitative estimate of drug-likeness (QED) is 0.630. The molecule has 27 heavy (non-hydrogen) atoms. The van der Waals surface area contributed by atoms with Crippen LogP contribution in [-0.4, -0.2) is 44.4 Å². The Bertz CT molecular complexity index is 921. The maximum Gasteiger partial charge on any atom is 0.233 e. The van der Waals surface area contributed by atoms with E-state index in [9.17, 15) is 9.18 Å². The van der Waals surface area contributed by atoms with E-state index < -0.39 is 0 Å². The van der Waals surface area contributed by atoms with Crippen LogP contribution in [0.5, 0.6) is 0 Å². The summed E-state index contributed by atoms with van der Waals surface area (Å²) in [5.74, 6) is 0.797. The molecule has 0 radical (unpaired) electrons. The zero-order chi connectivity index (χ0) is 18.6. The largest absolute Gasteiger partial charge is 0.342 e. The van der Waals surface area contributed by atoms with Crippen molar-refractivity contribution >= 4 is 17.7 Å². The molecule has 1 saturated heterocycles. The molecule has 1 aromatic heterocycles. The number of thioether (sulfide) groups is 1. The number of benzene rings is 2. The van der Waals surface area contributed by atoms with Crippen LogP contribution in [0.15, 0.2) is 59.8 Å². The number of hydrogen-bond donors (Lipinski definition) is 0. The molecule has 7 heteroatoms. The first-order valence-corrected chi connectivity index (χ1v) is 9.88. The van der Waals surface area contributed by atoms with Crippen molar-refractivity contribution in [1.29, 1.82) is 0 Å². The van der Waals surface area contributed by atoms with Crippen LogP contribution < -0.4 is 0 Å². The third-order valence-corrected chi connectivity index (χ3v) is 5.45. The van der Waals surface area contributed by atoms with Crippen LogP contribution in [0, 0.1) is 5.82 Å². The highest BCUT2D eigenvalue weighted by atomic mass is 32.2. The van der Waals surface area contributed by atoms with E-state index in [1.54, 1.807) is 12.1 Å². The first kappa shape index (κ1) is 17.7. The van der Waals surface area contributed by atoms with Gasteiger partial charge in [0.15, 0.2) is 11.0 Å². The molecule has 0 spiro atoms. The van der Waals surface area contributed by atoms with Gasteiger partial charge in [-0.1, -0.05) is 42.1 Å². The first-order valence-electron chi connectivity index (χ1n) is 8.90. The van der Waals surface area contributed by atoms with Gasteiger partial charge in [-0.3, -0.25) is 9.36 Å². The van der Waals surface area contributed by atoms with Gasteiger partial charge in [-0.25, -0.2) is 4.39 Å². The molecule has 1 fully saturated rings. The van der Waals surface area contributed by atoms with Crippen molar-refractivity contribution in [1.82, 2.24) is 19.7 Å². The van der Waals surface area contributed by atoms with Gasteiger partial charge in [0.25, 0.3) is 0 Å². The molecule has 2 heterocycles. The third kappa shape index (κ3) is 3.88. The van der Waals surface area contributed by atoms with Crippen LogP contribution in [0.25, 0.3) is 17.1 Å². The van der Waals surface area contributed by atoms with Crippen molar-refractivity contribution in [2.75, 3.05) is 18.8 Å². The summed E-state index contributed by atoms with van der Waals surface area (Å²) in [6.45, 7) is 1.67. The number of carbonyl (C=O) groups is 1. The molecule has 0 aliphatic carbocycles. The number of halogens is 1. The van der Waals surface area contributed by atoms with E-state index in [4.69, 9.17) is 0 Å². The summed E-state index contributed by atoms with van der Waals surface area (Å²) >= 11 is 1.36. The van der Waals surface area contributed by atoms with Crippen molar-refractivity contribution in [3.63, 3.8) is 0 Å². The Kier molecular flexibility index (Phi) is 5.20. The highest BCUT2D eigenvalue weighted by molar-refractivity contribution is 7.99. The SMILES string of the molecule is O=C(CSc1nnc(-c2ccccc2)n1-c1ccc(F)cc1)N1CCCC1. The van der Waals surface area contributed by atoms with Crippen molar-refractivity contribution in [3.05, 3.63) is 60.4 Å². The highest BCUT2D eigenvalue weighted by Crippen LogP contribution is 2.28. The van der Waals surface area contributed by atoms with Crippen LogP contribution in [0.2, 0.25) is 0 Å². The average Bonchev–Trinajstić information content (AvgIpc) is 3.38. The van der Waals surface area contributed by atoms with Gasteiger partial charge in [0, 0.05) is 24.3 Å². The lowest BCUT2D eigenvalue weighted by atomic mass is 10.2. The highest BCUT2D eigenvalue weighted by Gasteiger charge is 2.21. The van der Waals surface area contributed by atoms with Gasteiger partial charge in [-0.15, -0.1) is 10.2 Å². The van der Waals surface area contributed by atoms with Crippen LogP contribution in [0.3, 0.4) is 0 Å². The van der Waals surface area contributed by atoms with Crippen LogP contribution >= 0.6 is 11.8 Å². The minimum Gasteiger partial charge on any atom is -0.342 e. The number of nitrogens with zero attached hydrogens (tertiary/aromatic N) is 4. The third-order valence-electron chi connectivity index (χ3n) is 4.53. The van der Waals surface area contributed by atoms with Crippen LogP contribution in [-0.2, 0) is 4.79 Å². The summed E-state index contributed by atoms with van der Waals surface area (Å²) in [6.07, 6.45) is 2.14. The number of rotatable bonds is 5. The van der Waals surface area contributed by atoms with Gasteiger partial charge in [0.05, 0.1) is 5.75 Å². The lowest BCUT2D eigenvalue weighted by Gasteiger charge is -2.15. The van der Waals surface area contributed by atoms with Gasteiger partial charge in [-0.2, -0.15) is 0 Å². The summed E-state index contributed by atoms with van der Waals surface area (Å²) in [6, 6.07) is 15.9. The summed E-state index contributed by atoms with van der Waals surface area (Å²) in [4.78, 5) is 14.3. The Morgan fingerprint density at radius 3 is 2.41 bits per heavy atom. The molecular weight excluding hydrogens is 363 g/mol. The van der Waals surface area contributed by atoms with E-state index >= 15 is 0 Å². The Labute approximate surface area is 161 Å². The average molecular weight is 382 g/mol. The summed E-state index contributed by atoms with van der Waals surface area (Å²) in [5.41, 5.74) is 1.67. The normalized spacial score (nSPS) is 13.9. The minimum absolute atomic E-state index is 0.118. The van der Waals surface area contributed by atoms with Gasteiger partial charge < -0.3 is 4.90 Å². The predicted octanol–water partition coefficient (Wildman–Crippen LogP) is 3.79. The van der Waals surface area contributed by atoms with E-state index in [1.165, 1.54) is 23.9 Å². The molecule has 3 aromatic rings. The molecule has 0 bridgehead atoms. The number of hydrogen-bond acceptors (Lipinski definition) is 4. The van der Waals surface area contributed by atoms with E-state index in [-0.39, 0.29) is 11.7 Å². The molecule has 2 aromatic carbocycles. The Balaban J connectivity index is 1.65. The van der Waals surface area contributed by atoms with E-state index in [1.807, 2.05) is 39.8 Å². The van der Waals surface area contributed by atoms with Gasteiger partial charge in [-0.05, 0) is 37.1 Å². The van der Waals surface area contributed by atoms with Crippen molar-refractivity contribution < 1.29 is 9.18 Å². The van der Waals surface area contributed by atoms with Crippen molar-refractivity contribution in [3.8, 4) is 17.1 Å². The van der Waals surface area contributed by atoms with Gasteiger partial charge in [0.1, 0.15) is 5.82 Å². The topological polar surface area (TPSA) is 51.0 Å². The Morgan fingerprint density at radius 1 is 1.00 bits per heavy atom. The maximum absolute atomic E-state index is 13.4. The smallest absolute Gasteiger partial charge is 0.233 e. The monoisotopic (exact) mass is 382 g/mol. The molecule has 1 aliphatic rings. The fourth-order valence-corrected chi connectivity index (χ4v) is 4.00. The fraction of sp³-hybridized carbons (Fsp3) is 0.250. The predicted molar refractivity (Wildman–Crippen MR) is 103 cm³/mol. The Morgan fingerprint density at radius 2 is 1.70 bits per heavy atom. The molecule has 0 unspecified atom stereocenters. The van der Waals surface area contributed by atoms with Crippen molar-refractivity contribution in [2.24, 2.45) is 0 Å². The second kappa shape index (κ2) is 7.92. The van der Waals surface area contributed by atoms with E-state index in [0.717, 1.165) is 37.2 Å². The summed E-state index contributed by atoms with van der Waals surface area (Å²) in [5, 5.41) is 9.25. The van der Waals surface area contributed by atoms with Gasteiger partial charge in [0.2, 0.25) is 5.91 Å². The molecule has 1 amide bonds. The van der Waals surface area contributed by atoms with E-state index in [0.29, 0.717) is 16.7 Å². The van der Waals surface area contributed by atoms with Crippen LogP contribution in [0.4, 0.5) is 4.39 Å². The first-order chi connectivity index (χ1) is 13.2. The zero-order valence-electron chi connectivity index (χ0n) is 14.7. The second-order valence-corrected chi connectivity index (χ2v) is 7.30. The molecule has 4 rings (SSSR count). The number of amides is 1. The van der Waals surface area contributed by atoms with Gasteiger partial charge >= 0.3 is 0 Å². The molecule has 1 aliphatic heterocycles. The zero-order valence-corrected chi connectivity index (χ0v) is 15.5. The van der Waals surface area contributed by atoms with Crippen LogP contribution in [0.1, 0.15) is 12.8 Å². The second-order valence-electron chi connectivity index (χ2n) is 6.36. The summed E-state index contributed by atoms with van der Waals surface area (Å²) in [7, 11) is 0. The lowest BCUT2D eigenvalue weighted by Crippen LogP contribution is -2.29. The molecular formula is C20H19FN4OS.